The predicted octanol–water partition coefficient (Wildman–Crippen LogP) is 1.51. The van der Waals surface area contributed by atoms with Crippen molar-refractivity contribution in [2.75, 3.05) is 13.7 Å². The van der Waals surface area contributed by atoms with Gasteiger partial charge in [0.15, 0.2) is 0 Å². The Morgan fingerprint density at radius 1 is 1.41 bits per heavy atom. The molecule has 0 aliphatic carbocycles. The van der Waals surface area contributed by atoms with Gasteiger partial charge in [0.25, 0.3) is 0 Å². The molecule has 0 radical (unpaired) electrons. The second kappa shape index (κ2) is 5.50. The van der Waals surface area contributed by atoms with Crippen molar-refractivity contribution < 1.29 is 4.74 Å². The normalized spacial score (nSPS) is 10.5. The first kappa shape index (κ1) is 11.7. The third kappa shape index (κ3) is 3.07. The van der Waals surface area contributed by atoms with Crippen molar-refractivity contribution in [2.24, 2.45) is 5.73 Å². The van der Waals surface area contributed by atoms with Crippen LogP contribution in [0.2, 0.25) is 0 Å². The van der Waals surface area contributed by atoms with Crippen molar-refractivity contribution in [1.29, 1.82) is 0 Å². The van der Waals surface area contributed by atoms with E-state index in [2.05, 4.69) is 16.0 Å². The van der Waals surface area contributed by atoms with Gasteiger partial charge in [-0.05, 0) is 24.2 Å². The van der Waals surface area contributed by atoms with Gasteiger partial charge in [0.2, 0.25) is 0 Å². The summed E-state index contributed by atoms with van der Waals surface area (Å²) < 4.78 is 5.19. The molecule has 1 heterocycles. The van der Waals surface area contributed by atoms with Gasteiger partial charge < -0.3 is 15.5 Å². The lowest BCUT2D eigenvalue weighted by Gasteiger charge is -2.02. The van der Waals surface area contributed by atoms with Crippen LogP contribution in [0.25, 0.3) is 0 Å². The molecule has 17 heavy (non-hydrogen) atoms. The number of ether oxygens (including phenoxy) is 1. The van der Waals surface area contributed by atoms with Crippen LogP contribution in [0.15, 0.2) is 30.5 Å². The molecule has 0 amide bonds. The van der Waals surface area contributed by atoms with E-state index in [1.165, 1.54) is 5.56 Å². The van der Waals surface area contributed by atoms with Crippen LogP contribution in [-0.2, 0) is 12.8 Å². The van der Waals surface area contributed by atoms with Crippen molar-refractivity contribution in [3.63, 3.8) is 0 Å². The van der Waals surface area contributed by atoms with Crippen molar-refractivity contribution in [3.8, 4) is 5.75 Å². The lowest BCUT2D eigenvalue weighted by Crippen LogP contribution is -2.02. The Morgan fingerprint density at radius 2 is 2.29 bits per heavy atom. The molecule has 0 fully saturated rings. The smallest absolute Gasteiger partial charge is 0.119 e. The summed E-state index contributed by atoms with van der Waals surface area (Å²) >= 11 is 0. The number of nitrogens with two attached hydrogens (primary N) is 1. The number of nitrogens with one attached hydrogen (secondary N) is 1. The van der Waals surface area contributed by atoms with Crippen LogP contribution in [0, 0.1) is 0 Å². The zero-order valence-corrected chi connectivity index (χ0v) is 9.94. The minimum absolute atomic E-state index is 0.640. The van der Waals surface area contributed by atoms with Gasteiger partial charge in [0.1, 0.15) is 11.6 Å². The summed E-state index contributed by atoms with van der Waals surface area (Å²) in [6.07, 6.45) is 3.47. The van der Waals surface area contributed by atoms with Crippen LogP contribution in [-0.4, -0.2) is 23.6 Å². The Morgan fingerprint density at radius 3 is 3.06 bits per heavy atom. The maximum absolute atomic E-state index is 5.50. The van der Waals surface area contributed by atoms with E-state index in [9.17, 15) is 0 Å². The molecule has 0 atom stereocenters. The highest BCUT2D eigenvalue weighted by atomic mass is 16.5. The van der Waals surface area contributed by atoms with E-state index < -0.39 is 0 Å². The molecule has 2 rings (SSSR count). The molecule has 0 aliphatic heterocycles. The molecule has 90 valence electrons. The van der Waals surface area contributed by atoms with Gasteiger partial charge in [0.05, 0.1) is 7.11 Å². The van der Waals surface area contributed by atoms with Crippen LogP contribution in [0.3, 0.4) is 0 Å². The number of nitrogens with zero attached hydrogens (tertiary/aromatic N) is 1. The van der Waals surface area contributed by atoms with Crippen LogP contribution in [0.5, 0.6) is 5.75 Å². The average Bonchev–Trinajstić information content (AvgIpc) is 2.77. The third-order valence-electron chi connectivity index (χ3n) is 2.60. The first-order chi connectivity index (χ1) is 8.31. The van der Waals surface area contributed by atoms with E-state index in [0.29, 0.717) is 6.54 Å². The second-order valence-electron chi connectivity index (χ2n) is 3.92. The standard InChI is InChI=1S/C13H17N3O/c1-17-12-4-2-3-10(7-12)8-13-15-9-11(16-13)5-6-14/h2-4,7,9H,5-6,8,14H2,1H3,(H,15,16). The number of rotatable bonds is 5. The Hall–Kier alpha value is -1.81. The quantitative estimate of drug-likeness (QED) is 0.819. The fourth-order valence-electron chi connectivity index (χ4n) is 1.75. The maximum atomic E-state index is 5.50. The molecule has 0 saturated carbocycles. The van der Waals surface area contributed by atoms with Crippen molar-refractivity contribution in [3.05, 3.63) is 47.5 Å². The molecule has 3 N–H and O–H groups in total. The number of benzene rings is 1. The van der Waals surface area contributed by atoms with Crippen molar-refractivity contribution in [2.45, 2.75) is 12.8 Å². The van der Waals surface area contributed by atoms with E-state index in [-0.39, 0.29) is 0 Å². The minimum Gasteiger partial charge on any atom is -0.497 e. The fraction of sp³-hybridized carbons (Fsp3) is 0.308. The molecular formula is C13H17N3O. The van der Waals surface area contributed by atoms with E-state index in [1.54, 1.807) is 7.11 Å². The number of hydrogen-bond acceptors (Lipinski definition) is 3. The van der Waals surface area contributed by atoms with Crippen molar-refractivity contribution >= 4 is 0 Å². The Labute approximate surface area is 101 Å². The van der Waals surface area contributed by atoms with Gasteiger partial charge in [-0.15, -0.1) is 0 Å². The van der Waals surface area contributed by atoms with Crippen LogP contribution in [0.4, 0.5) is 0 Å². The van der Waals surface area contributed by atoms with E-state index in [1.807, 2.05) is 24.4 Å². The number of methoxy groups -OCH3 is 1. The summed E-state index contributed by atoms with van der Waals surface area (Å²) in [5.41, 5.74) is 7.76. The molecule has 4 heteroatoms. The van der Waals surface area contributed by atoms with Crippen LogP contribution in [0.1, 0.15) is 17.1 Å². The lowest BCUT2D eigenvalue weighted by molar-refractivity contribution is 0.414. The van der Waals surface area contributed by atoms with E-state index in [0.717, 1.165) is 30.1 Å². The van der Waals surface area contributed by atoms with Gasteiger partial charge >= 0.3 is 0 Å². The SMILES string of the molecule is COc1cccc(Cc2ncc(CCN)[nH]2)c1. The number of aromatic nitrogens is 2. The van der Waals surface area contributed by atoms with Gasteiger partial charge in [-0.25, -0.2) is 4.98 Å². The molecule has 1 aromatic heterocycles. The number of hydrogen-bond donors (Lipinski definition) is 2. The van der Waals surface area contributed by atoms with Gasteiger partial charge in [-0.2, -0.15) is 0 Å². The zero-order chi connectivity index (χ0) is 12.1. The Balaban J connectivity index is 2.08. The first-order valence-corrected chi connectivity index (χ1v) is 5.67. The third-order valence-corrected chi connectivity index (χ3v) is 2.60. The molecule has 0 unspecified atom stereocenters. The van der Waals surface area contributed by atoms with Gasteiger partial charge in [0, 0.05) is 24.7 Å². The molecular weight excluding hydrogens is 214 g/mol. The van der Waals surface area contributed by atoms with E-state index >= 15 is 0 Å². The highest BCUT2D eigenvalue weighted by Crippen LogP contribution is 2.14. The minimum atomic E-state index is 0.640. The summed E-state index contributed by atoms with van der Waals surface area (Å²) in [6.45, 7) is 0.640. The van der Waals surface area contributed by atoms with Crippen LogP contribution < -0.4 is 10.5 Å². The molecule has 4 nitrogen and oxygen atoms in total. The number of aromatic amines is 1. The molecule has 0 aliphatic rings. The largest absolute Gasteiger partial charge is 0.497 e. The lowest BCUT2D eigenvalue weighted by atomic mass is 10.1. The molecule has 0 spiro atoms. The summed E-state index contributed by atoms with van der Waals surface area (Å²) in [6, 6.07) is 8.00. The van der Waals surface area contributed by atoms with Gasteiger partial charge in [-0.3, -0.25) is 0 Å². The highest BCUT2D eigenvalue weighted by molar-refractivity contribution is 5.30. The van der Waals surface area contributed by atoms with Crippen LogP contribution >= 0.6 is 0 Å². The first-order valence-electron chi connectivity index (χ1n) is 5.67. The predicted molar refractivity (Wildman–Crippen MR) is 67.1 cm³/mol. The van der Waals surface area contributed by atoms with E-state index in [4.69, 9.17) is 10.5 Å². The molecule has 1 aromatic carbocycles. The second-order valence-corrected chi connectivity index (χ2v) is 3.92. The monoisotopic (exact) mass is 231 g/mol. The average molecular weight is 231 g/mol. The topological polar surface area (TPSA) is 63.9 Å². The Bertz CT molecular complexity index is 479. The molecule has 0 bridgehead atoms. The Kier molecular flexibility index (Phi) is 3.77. The maximum Gasteiger partial charge on any atom is 0.119 e. The zero-order valence-electron chi connectivity index (χ0n) is 9.94. The highest BCUT2D eigenvalue weighted by Gasteiger charge is 2.02. The number of imidazole rings is 1. The number of H-pyrrole nitrogens is 1. The fourth-order valence-corrected chi connectivity index (χ4v) is 1.75. The molecule has 2 aromatic rings. The molecule has 0 saturated heterocycles. The summed E-state index contributed by atoms with van der Waals surface area (Å²) in [7, 11) is 1.67. The summed E-state index contributed by atoms with van der Waals surface area (Å²) in [4.78, 5) is 7.60. The van der Waals surface area contributed by atoms with Crippen molar-refractivity contribution in [1.82, 2.24) is 9.97 Å². The summed E-state index contributed by atoms with van der Waals surface area (Å²) in [5.74, 6) is 1.83. The summed E-state index contributed by atoms with van der Waals surface area (Å²) in [5, 5.41) is 0. The van der Waals surface area contributed by atoms with Gasteiger partial charge in [-0.1, -0.05) is 12.1 Å².